The number of hydrogen-bond acceptors (Lipinski definition) is 3. The number of nitrogen functional groups attached to an aromatic ring is 1. The summed E-state index contributed by atoms with van der Waals surface area (Å²) in [4.78, 5) is 4.84. The summed E-state index contributed by atoms with van der Waals surface area (Å²) < 4.78 is 2.14. The summed E-state index contributed by atoms with van der Waals surface area (Å²) >= 11 is 0. The van der Waals surface area contributed by atoms with E-state index >= 15 is 0 Å². The third-order valence-corrected chi connectivity index (χ3v) is 4.36. The second kappa shape index (κ2) is 5.61. The summed E-state index contributed by atoms with van der Waals surface area (Å²) in [6.45, 7) is 2.96. The maximum atomic E-state index is 8.89. The molecule has 2 aromatic rings. The summed E-state index contributed by atoms with van der Waals surface area (Å²) in [5.41, 5.74) is 8.81. The predicted octanol–water partition coefficient (Wildman–Crippen LogP) is 3.68. The van der Waals surface area contributed by atoms with Crippen molar-refractivity contribution < 1.29 is 0 Å². The van der Waals surface area contributed by atoms with Crippen molar-refractivity contribution in [3.63, 3.8) is 0 Å². The number of nitriles is 1. The van der Waals surface area contributed by atoms with Gasteiger partial charge in [0.1, 0.15) is 17.3 Å². The minimum Gasteiger partial charge on any atom is -0.383 e. The van der Waals surface area contributed by atoms with Crippen molar-refractivity contribution in [1.82, 2.24) is 9.55 Å². The molecule has 4 heteroatoms. The molecule has 0 amide bonds. The largest absolute Gasteiger partial charge is 0.383 e. The molecule has 0 unspecified atom stereocenters. The van der Waals surface area contributed by atoms with Crippen LogP contribution in [0.4, 0.5) is 5.82 Å². The van der Waals surface area contributed by atoms with Gasteiger partial charge in [0.25, 0.3) is 0 Å². The van der Waals surface area contributed by atoms with Gasteiger partial charge in [-0.15, -0.1) is 0 Å². The molecule has 0 atom stereocenters. The van der Waals surface area contributed by atoms with Gasteiger partial charge in [0.2, 0.25) is 0 Å². The highest BCUT2D eigenvalue weighted by molar-refractivity contribution is 5.71. The van der Waals surface area contributed by atoms with Gasteiger partial charge in [-0.05, 0) is 31.9 Å². The maximum absolute atomic E-state index is 8.89. The van der Waals surface area contributed by atoms with E-state index < -0.39 is 0 Å². The Kier molecular flexibility index (Phi) is 3.66. The van der Waals surface area contributed by atoms with E-state index in [0.717, 1.165) is 29.4 Å². The molecule has 1 aliphatic carbocycles. The fourth-order valence-electron chi connectivity index (χ4n) is 3.23. The zero-order chi connectivity index (χ0) is 14.8. The Bertz CT molecular complexity index is 670. The van der Waals surface area contributed by atoms with Crippen molar-refractivity contribution in [3.05, 3.63) is 35.7 Å². The summed E-state index contributed by atoms with van der Waals surface area (Å²) in [7, 11) is 0. The average molecular weight is 280 g/mol. The van der Waals surface area contributed by atoms with Crippen LogP contribution in [0.3, 0.4) is 0 Å². The topological polar surface area (TPSA) is 67.6 Å². The smallest absolute Gasteiger partial charge is 0.131 e. The van der Waals surface area contributed by atoms with E-state index in [9.17, 15) is 0 Å². The molecule has 0 bridgehead atoms. The summed E-state index contributed by atoms with van der Waals surface area (Å²) in [5.74, 6) is 2.41. The van der Waals surface area contributed by atoms with E-state index in [2.05, 4.69) is 17.6 Å². The number of rotatable bonds is 3. The Hall–Kier alpha value is -2.28. The first-order valence-corrected chi connectivity index (χ1v) is 7.61. The van der Waals surface area contributed by atoms with Crippen molar-refractivity contribution in [3.8, 4) is 17.3 Å². The fourth-order valence-corrected chi connectivity index (χ4v) is 3.23. The van der Waals surface area contributed by atoms with E-state index in [4.69, 9.17) is 16.0 Å². The van der Waals surface area contributed by atoms with Crippen LogP contribution in [0.15, 0.2) is 24.3 Å². The second-order valence-electron chi connectivity index (χ2n) is 5.62. The molecule has 108 valence electrons. The zero-order valence-electron chi connectivity index (χ0n) is 12.3. The second-order valence-corrected chi connectivity index (χ2v) is 5.62. The molecule has 0 spiro atoms. The van der Waals surface area contributed by atoms with Crippen molar-refractivity contribution in [2.24, 2.45) is 0 Å². The summed E-state index contributed by atoms with van der Waals surface area (Å²) in [6, 6.07) is 9.62. The van der Waals surface area contributed by atoms with Gasteiger partial charge < -0.3 is 10.3 Å². The first-order valence-electron chi connectivity index (χ1n) is 7.61. The number of benzene rings is 1. The van der Waals surface area contributed by atoms with Crippen LogP contribution in [-0.4, -0.2) is 9.55 Å². The molecule has 4 nitrogen and oxygen atoms in total. The molecular formula is C17H20N4. The van der Waals surface area contributed by atoms with Crippen molar-refractivity contribution >= 4 is 5.82 Å². The van der Waals surface area contributed by atoms with E-state index in [1.54, 1.807) is 0 Å². The molecule has 3 rings (SSSR count). The molecule has 1 aromatic carbocycles. The van der Waals surface area contributed by atoms with E-state index in [1.807, 2.05) is 24.3 Å². The number of imidazole rings is 1. The lowest BCUT2D eigenvalue weighted by molar-refractivity contribution is 0.604. The highest BCUT2D eigenvalue weighted by Gasteiger charge is 2.25. The number of nitrogens with two attached hydrogens (primary N) is 1. The molecule has 0 saturated heterocycles. The van der Waals surface area contributed by atoms with Crippen LogP contribution in [0, 0.1) is 11.3 Å². The summed E-state index contributed by atoms with van der Waals surface area (Å²) in [6.07, 6.45) is 4.99. The molecular weight excluding hydrogens is 260 g/mol. The highest BCUT2D eigenvalue weighted by atomic mass is 15.1. The fraction of sp³-hybridized carbons (Fsp3) is 0.412. The number of hydrogen-bond donors (Lipinski definition) is 1. The van der Waals surface area contributed by atoms with Crippen LogP contribution in [0.2, 0.25) is 0 Å². The molecule has 1 aliphatic rings. The molecule has 1 fully saturated rings. The third kappa shape index (κ3) is 2.40. The average Bonchev–Trinajstić information content (AvgIpc) is 3.15. The van der Waals surface area contributed by atoms with Gasteiger partial charge in [-0.2, -0.15) is 5.26 Å². The Morgan fingerprint density at radius 1 is 1.29 bits per heavy atom. The monoisotopic (exact) mass is 280 g/mol. The van der Waals surface area contributed by atoms with Crippen LogP contribution < -0.4 is 5.73 Å². The standard InChI is InChI=1S/C17H20N4/c1-2-21-16(19)15(13-9-7-12(11-18)8-10-13)20-17(21)14-5-3-4-6-14/h7-10,14H,2-6,19H2,1H3. The Balaban J connectivity index is 2.04. The summed E-state index contributed by atoms with van der Waals surface area (Å²) in [5, 5.41) is 8.89. The van der Waals surface area contributed by atoms with Gasteiger partial charge in [0.05, 0.1) is 11.6 Å². The van der Waals surface area contributed by atoms with Crippen LogP contribution in [-0.2, 0) is 6.54 Å². The Labute approximate surface area is 125 Å². The van der Waals surface area contributed by atoms with E-state index in [1.165, 1.54) is 25.7 Å². The lowest BCUT2D eigenvalue weighted by Gasteiger charge is -2.11. The van der Waals surface area contributed by atoms with Crippen LogP contribution in [0.5, 0.6) is 0 Å². The SMILES string of the molecule is CCn1c(C2CCCC2)nc(-c2ccc(C#N)cc2)c1N. The van der Waals surface area contributed by atoms with Crippen molar-refractivity contribution in [1.29, 1.82) is 5.26 Å². The molecule has 1 saturated carbocycles. The van der Waals surface area contributed by atoms with E-state index in [0.29, 0.717) is 11.5 Å². The number of aromatic nitrogens is 2. The van der Waals surface area contributed by atoms with E-state index in [-0.39, 0.29) is 0 Å². The lowest BCUT2D eigenvalue weighted by Crippen LogP contribution is -2.08. The minimum absolute atomic E-state index is 0.541. The molecule has 1 aromatic heterocycles. The lowest BCUT2D eigenvalue weighted by atomic mass is 10.1. The van der Waals surface area contributed by atoms with Crippen molar-refractivity contribution in [2.45, 2.75) is 45.1 Å². The number of nitrogens with zero attached hydrogens (tertiary/aromatic N) is 3. The first kappa shape index (κ1) is 13.7. The van der Waals surface area contributed by atoms with Crippen LogP contribution in [0.1, 0.15) is 49.9 Å². The molecule has 1 heterocycles. The van der Waals surface area contributed by atoms with Crippen molar-refractivity contribution in [2.75, 3.05) is 5.73 Å². The molecule has 21 heavy (non-hydrogen) atoms. The van der Waals surface area contributed by atoms with Gasteiger partial charge >= 0.3 is 0 Å². The molecule has 2 N–H and O–H groups in total. The quantitative estimate of drug-likeness (QED) is 0.932. The predicted molar refractivity (Wildman–Crippen MR) is 83.7 cm³/mol. The van der Waals surface area contributed by atoms with Gasteiger partial charge in [0, 0.05) is 18.0 Å². The molecule has 0 aliphatic heterocycles. The zero-order valence-corrected chi connectivity index (χ0v) is 12.3. The Morgan fingerprint density at radius 3 is 2.52 bits per heavy atom. The number of anilines is 1. The van der Waals surface area contributed by atoms with Crippen LogP contribution in [0.25, 0.3) is 11.3 Å². The maximum Gasteiger partial charge on any atom is 0.131 e. The Morgan fingerprint density at radius 2 is 1.95 bits per heavy atom. The van der Waals surface area contributed by atoms with Gasteiger partial charge in [-0.25, -0.2) is 4.98 Å². The highest BCUT2D eigenvalue weighted by Crippen LogP contribution is 2.37. The first-order chi connectivity index (χ1) is 10.2. The van der Waals surface area contributed by atoms with Gasteiger partial charge in [0.15, 0.2) is 0 Å². The van der Waals surface area contributed by atoms with Gasteiger partial charge in [-0.3, -0.25) is 0 Å². The molecule has 0 radical (unpaired) electrons. The third-order valence-electron chi connectivity index (χ3n) is 4.36. The minimum atomic E-state index is 0.541. The normalized spacial score (nSPS) is 15.2. The van der Waals surface area contributed by atoms with Gasteiger partial charge in [-0.1, -0.05) is 25.0 Å². The van der Waals surface area contributed by atoms with Crippen LogP contribution >= 0.6 is 0 Å².